The summed E-state index contributed by atoms with van der Waals surface area (Å²) in [5, 5.41) is 7.74. The molecule has 5 rings (SSSR count). The monoisotopic (exact) mass is 484 g/mol. The van der Waals surface area contributed by atoms with E-state index in [1.165, 1.54) is 6.21 Å². The molecule has 6 nitrogen and oxygen atoms in total. The Bertz CT molecular complexity index is 1540. The van der Waals surface area contributed by atoms with Crippen LogP contribution in [0.5, 0.6) is 11.5 Å². The van der Waals surface area contributed by atoms with E-state index >= 15 is 0 Å². The number of carbonyl (C=O) groups is 1. The first-order valence-electron chi connectivity index (χ1n) is 10.9. The average Bonchev–Trinajstić information content (AvgIpc) is 3.34. The second-order valence-electron chi connectivity index (χ2n) is 7.83. The standard InChI is InChI=1S/C28H21ClN2O4/c1-33-26-14-19(8-12-25(26)34-17-18-6-10-21(29)11-7-18)16-30-31-28(32)27-15-23-22-5-3-2-4-20(22)9-13-24(23)35-27/h2-16H,17H2,1H3,(H,31,32)/b30-16-. The summed E-state index contributed by atoms with van der Waals surface area (Å²) in [5.74, 6) is 0.907. The molecule has 5 aromatic rings. The van der Waals surface area contributed by atoms with E-state index < -0.39 is 5.91 Å². The second-order valence-corrected chi connectivity index (χ2v) is 8.27. The zero-order valence-electron chi connectivity index (χ0n) is 18.8. The lowest BCUT2D eigenvalue weighted by Gasteiger charge is -2.11. The van der Waals surface area contributed by atoms with Crippen LogP contribution >= 0.6 is 11.6 Å². The normalized spacial score (nSPS) is 11.3. The number of amides is 1. The fourth-order valence-corrected chi connectivity index (χ4v) is 3.88. The number of nitrogens with one attached hydrogen (secondary N) is 1. The van der Waals surface area contributed by atoms with E-state index in [0.29, 0.717) is 28.7 Å². The van der Waals surface area contributed by atoms with Crippen LogP contribution in [0.2, 0.25) is 5.02 Å². The summed E-state index contributed by atoms with van der Waals surface area (Å²) in [6.07, 6.45) is 1.53. The van der Waals surface area contributed by atoms with Crippen molar-refractivity contribution in [2.24, 2.45) is 5.10 Å². The maximum atomic E-state index is 12.6. The third-order valence-corrected chi connectivity index (χ3v) is 5.78. The second kappa shape index (κ2) is 9.91. The number of hydrogen-bond donors (Lipinski definition) is 1. The number of halogens is 1. The lowest BCUT2D eigenvalue weighted by atomic mass is 10.1. The topological polar surface area (TPSA) is 73.1 Å². The van der Waals surface area contributed by atoms with Gasteiger partial charge in [0.2, 0.25) is 0 Å². The molecular weight excluding hydrogens is 464 g/mol. The molecule has 7 heteroatoms. The predicted molar refractivity (Wildman–Crippen MR) is 138 cm³/mol. The minimum Gasteiger partial charge on any atom is -0.493 e. The van der Waals surface area contributed by atoms with Crippen LogP contribution in [0.1, 0.15) is 21.7 Å². The number of fused-ring (bicyclic) bond motifs is 3. The number of furan rings is 1. The molecule has 1 N–H and O–H groups in total. The van der Waals surface area contributed by atoms with Crippen molar-refractivity contribution in [1.29, 1.82) is 0 Å². The Balaban J connectivity index is 1.26. The smallest absolute Gasteiger partial charge is 0.307 e. The van der Waals surface area contributed by atoms with Crippen LogP contribution in [-0.2, 0) is 6.61 Å². The van der Waals surface area contributed by atoms with Gasteiger partial charge in [0.15, 0.2) is 17.3 Å². The van der Waals surface area contributed by atoms with Gasteiger partial charge in [-0.1, -0.05) is 54.1 Å². The molecule has 0 saturated heterocycles. The van der Waals surface area contributed by atoms with E-state index in [9.17, 15) is 4.79 Å². The Labute approximate surface area is 206 Å². The van der Waals surface area contributed by atoms with Gasteiger partial charge in [0, 0.05) is 10.4 Å². The fraction of sp³-hybridized carbons (Fsp3) is 0.0714. The van der Waals surface area contributed by atoms with Crippen molar-refractivity contribution in [3.05, 3.63) is 107 Å². The molecule has 174 valence electrons. The van der Waals surface area contributed by atoms with E-state index in [1.807, 2.05) is 66.7 Å². The Morgan fingerprint density at radius 2 is 1.80 bits per heavy atom. The van der Waals surface area contributed by atoms with Gasteiger partial charge in [0.1, 0.15) is 12.2 Å². The molecule has 0 aliphatic heterocycles. The van der Waals surface area contributed by atoms with Crippen molar-refractivity contribution < 1.29 is 18.7 Å². The molecule has 1 heterocycles. The molecule has 0 radical (unpaired) electrons. The highest BCUT2D eigenvalue weighted by Gasteiger charge is 2.13. The highest BCUT2D eigenvalue weighted by atomic mass is 35.5. The van der Waals surface area contributed by atoms with Gasteiger partial charge in [-0.15, -0.1) is 0 Å². The van der Waals surface area contributed by atoms with Gasteiger partial charge in [0.05, 0.1) is 13.3 Å². The molecule has 0 unspecified atom stereocenters. The highest BCUT2D eigenvalue weighted by Crippen LogP contribution is 2.29. The van der Waals surface area contributed by atoms with Crippen LogP contribution in [0.3, 0.4) is 0 Å². The van der Waals surface area contributed by atoms with E-state index in [4.69, 9.17) is 25.5 Å². The van der Waals surface area contributed by atoms with Crippen LogP contribution in [0.15, 0.2) is 94.4 Å². The Morgan fingerprint density at radius 1 is 0.971 bits per heavy atom. The van der Waals surface area contributed by atoms with E-state index in [0.717, 1.165) is 27.3 Å². The largest absolute Gasteiger partial charge is 0.493 e. The van der Waals surface area contributed by atoms with Gasteiger partial charge >= 0.3 is 5.91 Å². The van der Waals surface area contributed by atoms with E-state index in [2.05, 4.69) is 10.5 Å². The summed E-state index contributed by atoms with van der Waals surface area (Å²) in [6, 6.07) is 26.4. The number of ether oxygens (including phenoxy) is 2. The number of carbonyl (C=O) groups excluding carboxylic acids is 1. The minimum absolute atomic E-state index is 0.192. The van der Waals surface area contributed by atoms with Gasteiger partial charge in [-0.2, -0.15) is 5.10 Å². The lowest BCUT2D eigenvalue weighted by Crippen LogP contribution is -2.16. The van der Waals surface area contributed by atoms with Gasteiger partial charge in [-0.3, -0.25) is 4.79 Å². The van der Waals surface area contributed by atoms with Crippen LogP contribution in [0.4, 0.5) is 0 Å². The average molecular weight is 485 g/mol. The highest BCUT2D eigenvalue weighted by molar-refractivity contribution is 6.30. The van der Waals surface area contributed by atoms with Gasteiger partial charge in [-0.05, 0) is 64.4 Å². The van der Waals surface area contributed by atoms with Gasteiger partial charge in [-0.25, -0.2) is 5.43 Å². The van der Waals surface area contributed by atoms with E-state index in [1.54, 1.807) is 25.3 Å². The van der Waals surface area contributed by atoms with Crippen molar-refractivity contribution in [3.8, 4) is 11.5 Å². The number of rotatable bonds is 7. The van der Waals surface area contributed by atoms with Crippen LogP contribution in [0, 0.1) is 0 Å². The SMILES string of the molecule is COc1cc(/C=N\NC(=O)c2cc3c(ccc4ccccc43)o2)ccc1OCc1ccc(Cl)cc1. The fourth-order valence-electron chi connectivity index (χ4n) is 3.75. The summed E-state index contributed by atoms with van der Waals surface area (Å²) in [4.78, 5) is 12.6. The van der Waals surface area contributed by atoms with Crippen molar-refractivity contribution in [1.82, 2.24) is 5.43 Å². The number of methoxy groups -OCH3 is 1. The molecule has 35 heavy (non-hydrogen) atoms. The summed E-state index contributed by atoms with van der Waals surface area (Å²) in [7, 11) is 1.57. The molecule has 0 aliphatic carbocycles. The van der Waals surface area contributed by atoms with Gasteiger partial charge in [0.25, 0.3) is 0 Å². The Kier molecular flexibility index (Phi) is 6.37. The first-order valence-corrected chi connectivity index (χ1v) is 11.3. The summed E-state index contributed by atoms with van der Waals surface area (Å²) >= 11 is 5.92. The maximum absolute atomic E-state index is 12.6. The molecular formula is C28H21ClN2O4. The van der Waals surface area contributed by atoms with Crippen molar-refractivity contribution in [3.63, 3.8) is 0 Å². The van der Waals surface area contributed by atoms with Crippen LogP contribution in [-0.4, -0.2) is 19.2 Å². The molecule has 0 atom stereocenters. The Morgan fingerprint density at radius 3 is 2.63 bits per heavy atom. The zero-order chi connectivity index (χ0) is 24.2. The molecule has 0 saturated carbocycles. The van der Waals surface area contributed by atoms with Crippen molar-refractivity contribution in [2.45, 2.75) is 6.61 Å². The summed E-state index contributed by atoms with van der Waals surface area (Å²) < 4.78 is 17.1. The molecule has 0 spiro atoms. The lowest BCUT2D eigenvalue weighted by molar-refractivity contribution is 0.0929. The molecule has 1 amide bonds. The third-order valence-electron chi connectivity index (χ3n) is 5.52. The minimum atomic E-state index is -0.434. The zero-order valence-corrected chi connectivity index (χ0v) is 19.6. The van der Waals surface area contributed by atoms with E-state index in [-0.39, 0.29) is 5.76 Å². The first kappa shape index (κ1) is 22.5. The third kappa shape index (κ3) is 4.98. The Hall–Kier alpha value is -4.29. The number of hydrogen-bond acceptors (Lipinski definition) is 5. The predicted octanol–water partition coefficient (Wildman–Crippen LogP) is 6.59. The summed E-state index contributed by atoms with van der Waals surface area (Å²) in [6.45, 7) is 0.379. The molecule has 1 aromatic heterocycles. The van der Waals surface area contributed by atoms with Crippen LogP contribution < -0.4 is 14.9 Å². The van der Waals surface area contributed by atoms with Crippen molar-refractivity contribution in [2.75, 3.05) is 7.11 Å². The molecule has 0 aliphatic rings. The van der Waals surface area contributed by atoms with Crippen molar-refractivity contribution >= 4 is 45.5 Å². The number of nitrogens with zero attached hydrogens (tertiary/aromatic N) is 1. The number of benzene rings is 4. The quantitative estimate of drug-likeness (QED) is 0.209. The number of hydrazone groups is 1. The summed E-state index contributed by atoms with van der Waals surface area (Å²) in [5.41, 5.74) is 4.89. The van der Waals surface area contributed by atoms with Gasteiger partial charge < -0.3 is 13.9 Å². The molecule has 4 aromatic carbocycles. The first-order chi connectivity index (χ1) is 17.1. The molecule has 0 fully saturated rings. The maximum Gasteiger partial charge on any atom is 0.307 e. The molecule has 0 bridgehead atoms. The van der Waals surface area contributed by atoms with Crippen LogP contribution in [0.25, 0.3) is 21.7 Å².